The minimum absolute atomic E-state index is 0. The van der Waals surface area contributed by atoms with Crippen LogP contribution in [0.3, 0.4) is 0 Å². The fraction of sp³-hybridized carbons (Fsp3) is 0.300. The molecule has 0 radical (unpaired) electrons. The summed E-state index contributed by atoms with van der Waals surface area (Å²) in [5, 5.41) is 30.8. The first-order chi connectivity index (χ1) is 16.4. The van der Waals surface area contributed by atoms with E-state index in [1.165, 1.54) is 11.1 Å². The van der Waals surface area contributed by atoms with Crippen LogP contribution in [-0.4, -0.2) is 28.4 Å². The molecule has 2 atom stereocenters. The van der Waals surface area contributed by atoms with E-state index in [2.05, 4.69) is 68.4 Å². The molecule has 4 nitrogen and oxygen atoms in total. The van der Waals surface area contributed by atoms with Gasteiger partial charge in [-0.2, -0.15) is 0 Å². The summed E-state index contributed by atoms with van der Waals surface area (Å²) in [4.78, 5) is 10.7. The Labute approximate surface area is 230 Å². The van der Waals surface area contributed by atoms with Gasteiger partial charge in [0.1, 0.15) is 0 Å². The van der Waals surface area contributed by atoms with E-state index in [0.29, 0.717) is 0 Å². The van der Waals surface area contributed by atoms with Crippen LogP contribution >= 0.6 is 0 Å². The summed E-state index contributed by atoms with van der Waals surface area (Å²) in [5.41, 5.74) is 5.49. The number of benzene rings is 3. The number of carboxylic acid groups (broad SMARTS) is 1. The molecule has 5 heteroatoms. The summed E-state index contributed by atoms with van der Waals surface area (Å²) < 4.78 is 0. The van der Waals surface area contributed by atoms with E-state index in [9.17, 15) is 20.1 Å². The Kier molecular flexibility index (Phi) is 11.4. The largest absolute Gasteiger partial charge is 1.00 e. The van der Waals surface area contributed by atoms with Crippen LogP contribution in [0.5, 0.6) is 0 Å². The zero-order valence-corrected chi connectivity index (χ0v) is 22.9. The number of rotatable bonds is 11. The van der Waals surface area contributed by atoms with Crippen molar-refractivity contribution in [2.45, 2.75) is 57.2 Å². The molecule has 178 valence electrons. The number of carbonyl (C=O) groups is 1. The third kappa shape index (κ3) is 7.39. The molecular formula is C30H33NaO4. The Morgan fingerprint density at radius 3 is 2.09 bits per heavy atom. The van der Waals surface area contributed by atoms with Gasteiger partial charge >= 0.3 is 29.6 Å². The van der Waals surface area contributed by atoms with Crippen LogP contribution in [0.4, 0.5) is 0 Å². The van der Waals surface area contributed by atoms with Crippen molar-refractivity contribution < 1.29 is 49.7 Å². The quantitative estimate of drug-likeness (QED) is 0.410. The Morgan fingerprint density at radius 1 is 0.914 bits per heavy atom. The zero-order chi connectivity index (χ0) is 24.6. The van der Waals surface area contributed by atoms with E-state index in [0.717, 1.165) is 29.5 Å². The molecule has 0 aliphatic carbocycles. The average Bonchev–Trinajstić information content (AvgIpc) is 2.85. The Balaban J connectivity index is 0.00000432. The number of aliphatic hydroxyl groups is 2. The molecule has 0 spiro atoms. The van der Waals surface area contributed by atoms with Crippen LogP contribution < -0.4 is 34.7 Å². The van der Waals surface area contributed by atoms with Gasteiger partial charge in [-0.05, 0) is 46.7 Å². The summed E-state index contributed by atoms with van der Waals surface area (Å²) in [6.07, 6.45) is 2.69. The average molecular weight is 481 g/mol. The van der Waals surface area contributed by atoms with Gasteiger partial charge in [0.05, 0.1) is 12.2 Å². The molecule has 0 saturated carbocycles. The normalized spacial score (nSPS) is 13.3. The predicted molar refractivity (Wildman–Crippen MR) is 135 cm³/mol. The summed E-state index contributed by atoms with van der Waals surface area (Å²) in [6, 6.07) is 27.2. The van der Waals surface area contributed by atoms with Gasteiger partial charge in [-0.25, -0.2) is 0 Å². The Bertz CT molecular complexity index is 1090. The molecular weight excluding hydrogens is 447 g/mol. The summed E-state index contributed by atoms with van der Waals surface area (Å²) >= 11 is 0. The van der Waals surface area contributed by atoms with Gasteiger partial charge in [0.25, 0.3) is 0 Å². The van der Waals surface area contributed by atoms with Gasteiger partial charge in [0.15, 0.2) is 0 Å². The first-order valence-electron chi connectivity index (χ1n) is 11.9. The van der Waals surface area contributed by atoms with E-state index in [1.54, 1.807) is 6.08 Å². The maximum atomic E-state index is 10.7. The van der Waals surface area contributed by atoms with E-state index in [1.807, 2.05) is 30.3 Å². The molecule has 0 fully saturated rings. The van der Waals surface area contributed by atoms with Crippen molar-refractivity contribution in [1.82, 2.24) is 0 Å². The smallest absolute Gasteiger partial charge is 0.550 e. The predicted octanol–water partition coefficient (Wildman–Crippen LogP) is 1.73. The van der Waals surface area contributed by atoms with Crippen LogP contribution in [-0.2, 0) is 10.2 Å². The molecule has 0 heterocycles. The van der Waals surface area contributed by atoms with Gasteiger partial charge in [-0.3, -0.25) is 0 Å². The Hall–Kier alpha value is -2.21. The van der Waals surface area contributed by atoms with Crippen LogP contribution in [0.2, 0.25) is 0 Å². The molecule has 0 bridgehead atoms. The molecule has 0 aromatic heterocycles. The number of aliphatic hydroxyl groups excluding tert-OH is 2. The molecule has 2 N–H and O–H groups in total. The topological polar surface area (TPSA) is 80.6 Å². The van der Waals surface area contributed by atoms with Gasteiger partial charge in [0, 0.05) is 24.2 Å². The van der Waals surface area contributed by atoms with E-state index < -0.39 is 24.6 Å². The first kappa shape index (κ1) is 29.0. The molecule has 3 aromatic rings. The van der Waals surface area contributed by atoms with Crippen molar-refractivity contribution in [3.05, 3.63) is 102 Å². The number of carboxylic acids is 1. The van der Waals surface area contributed by atoms with Gasteiger partial charge < -0.3 is 20.1 Å². The summed E-state index contributed by atoms with van der Waals surface area (Å²) in [5.74, 6) is -1.33. The monoisotopic (exact) mass is 480 g/mol. The minimum atomic E-state index is -1.33. The standard InChI is InChI=1S/C30H34O4.Na/c1-3-30(4-2,24-13-9-6-10-14-24)25-17-15-23(28(19-25)22-11-7-5-8-12-22)16-18-26(31)20-27(32)21-29(33)34;/h5-19,26-27,31-32H,3-4,20-21H2,1-2H3,(H,33,34);/q;+1/p-1/b18-16+;/t26-,27-;/m1./s1. The second-order valence-electron chi connectivity index (χ2n) is 8.72. The van der Waals surface area contributed by atoms with Crippen LogP contribution in [0.25, 0.3) is 17.2 Å². The second kappa shape index (κ2) is 13.8. The fourth-order valence-corrected chi connectivity index (χ4v) is 4.71. The van der Waals surface area contributed by atoms with Crippen molar-refractivity contribution >= 4 is 12.0 Å². The Morgan fingerprint density at radius 2 is 1.51 bits per heavy atom. The van der Waals surface area contributed by atoms with E-state index >= 15 is 0 Å². The maximum absolute atomic E-state index is 10.7. The summed E-state index contributed by atoms with van der Waals surface area (Å²) in [6.45, 7) is 4.45. The number of hydrogen-bond donors (Lipinski definition) is 2. The fourth-order valence-electron chi connectivity index (χ4n) is 4.71. The van der Waals surface area contributed by atoms with Gasteiger partial charge in [-0.15, -0.1) is 0 Å². The molecule has 0 unspecified atom stereocenters. The third-order valence-corrected chi connectivity index (χ3v) is 6.64. The van der Waals surface area contributed by atoms with Crippen molar-refractivity contribution in [2.24, 2.45) is 0 Å². The molecule has 3 aromatic carbocycles. The van der Waals surface area contributed by atoms with Crippen molar-refractivity contribution in [3.8, 4) is 11.1 Å². The van der Waals surface area contributed by atoms with E-state index in [-0.39, 0.29) is 41.4 Å². The van der Waals surface area contributed by atoms with Crippen LogP contribution in [0, 0.1) is 0 Å². The SMILES string of the molecule is CCC(CC)(c1ccccc1)c1ccc(/C=C/[C@@H](O)C[C@@H](O)CC(=O)[O-])c(-c2ccccc2)c1.[Na+]. The van der Waals surface area contributed by atoms with Crippen LogP contribution in [0.15, 0.2) is 84.9 Å². The van der Waals surface area contributed by atoms with Crippen molar-refractivity contribution in [3.63, 3.8) is 0 Å². The number of aliphatic carboxylic acids is 1. The molecule has 0 amide bonds. The number of hydrogen-bond acceptors (Lipinski definition) is 4. The molecule has 0 aliphatic rings. The number of carbonyl (C=O) groups excluding carboxylic acids is 1. The van der Waals surface area contributed by atoms with Gasteiger partial charge in [0.2, 0.25) is 0 Å². The van der Waals surface area contributed by atoms with Crippen molar-refractivity contribution in [1.29, 1.82) is 0 Å². The van der Waals surface area contributed by atoms with Gasteiger partial charge in [-0.1, -0.05) is 98.8 Å². The first-order valence-corrected chi connectivity index (χ1v) is 11.9. The minimum Gasteiger partial charge on any atom is -0.550 e. The molecule has 0 aliphatic heterocycles. The van der Waals surface area contributed by atoms with Crippen LogP contribution in [0.1, 0.15) is 56.2 Å². The second-order valence-corrected chi connectivity index (χ2v) is 8.72. The maximum Gasteiger partial charge on any atom is 1.00 e. The zero-order valence-electron chi connectivity index (χ0n) is 20.9. The van der Waals surface area contributed by atoms with Crippen molar-refractivity contribution in [2.75, 3.05) is 0 Å². The third-order valence-electron chi connectivity index (χ3n) is 6.64. The molecule has 3 rings (SSSR count). The molecule has 0 saturated heterocycles. The molecule has 35 heavy (non-hydrogen) atoms. The van der Waals surface area contributed by atoms with E-state index in [4.69, 9.17) is 0 Å². The summed E-state index contributed by atoms with van der Waals surface area (Å²) in [7, 11) is 0.